The Bertz CT molecular complexity index is 725. The van der Waals surface area contributed by atoms with Crippen LogP contribution >= 0.6 is 11.3 Å². The van der Waals surface area contributed by atoms with Crippen molar-refractivity contribution in [1.82, 2.24) is 14.3 Å². The van der Waals surface area contributed by atoms with Crippen molar-refractivity contribution in [3.05, 3.63) is 22.0 Å². The zero-order valence-electron chi connectivity index (χ0n) is 13.3. The fraction of sp³-hybridized carbons (Fsp3) is 0.562. The number of carbonyl (C=O) groups is 2. The standard InChI is InChI=1S/C16H21N3O2S/c1-10-13(9-20)19-11(2)14(22-16(19)17-10)15(21)18(3)12-7-5-4-6-8-12/h9,12H,4-8H2,1-3H3. The summed E-state index contributed by atoms with van der Waals surface area (Å²) in [4.78, 5) is 31.8. The first kappa shape index (κ1) is 15.2. The first-order valence-corrected chi connectivity index (χ1v) is 8.57. The maximum Gasteiger partial charge on any atom is 0.265 e. The van der Waals surface area contributed by atoms with E-state index in [1.54, 1.807) is 4.40 Å². The molecule has 0 aliphatic heterocycles. The van der Waals surface area contributed by atoms with Crippen LogP contribution in [0.3, 0.4) is 0 Å². The summed E-state index contributed by atoms with van der Waals surface area (Å²) in [7, 11) is 1.89. The minimum atomic E-state index is 0.0504. The summed E-state index contributed by atoms with van der Waals surface area (Å²) < 4.78 is 1.80. The Morgan fingerprint density at radius 2 is 2.00 bits per heavy atom. The number of aldehydes is 1. The first-order chi connectivity index (χ1) is 10.5. The molecule has 1 aliphatic carbocycles. The van der Waals surface area contributed by atoms with Gasteiger partial charge >= 0.3 is 0 Å². The van der Waals surface area contributed by atoms with Crippen LogP contribution in [-0.4, -0.2) is 39.6 Å². The first-order valence-electron chi connectivity index (χ1n) is 7.75. The normalized spacial score (nSPS) is 16.1. The van der Waals surface area contributed by atoms with Crippen LogP contribution in [0, 0.1) is 13.8 Å². The zero-order chi connectivity index (χ0) is 15.9. The predicted molar refractivity (Wildman–Crippen MR) is 86.9 cm³/mol. The van der Waals surface area contributed by atoms with Gasteiger partial charge in [0.1, 0.15) is 10.6 Å². The number of fused-ring (bicyclic) bond motifs is 1. The van der Waals surface area contributed by atoms with E-state index in [4.69, 9.17) is 0 Å². The SMILES string of the molecule is Cc1nc2sc(C(=O)N(C)C3CCCCC3)c(C)n2c1C=O. The number of hydrogen-bond acceptors (Lipinski definition) is 4. The molecular formula is C16H21N3O2S. The van der Waals surface area contributed by atoms with E-state index in [9.17, 15) is 9.59 Å². The summed E-state index contributed by atoms with van der Waals surface area (Å²) in [5, 5.41) is 0. The van der Waals surface area contributed by atoms with Crippen LogP contribution in [-0.2, 0) is 0 Å². The molecule has 0 unspecified atom stereocenters. The van der Waals surface area contributed by atoms with E-state index in [-0.39, 0.29) is 5.91 Å². The lowest BCUT2D eigenvalue weighted by Gasteiger charge is -2.31. The molecule has 2 aromatic rings. The lowest BCUT2D eigenvalue weighted by atomic mass is 9.94. The van der Waals surface area contributed by atoms with Gasteiger partial charge < -0.3 is 4.90 Å². The Balaban J connectivity index is 1.95. The molecule has 0 radical (unpaired) electrons. The van der Waals surface area contributed by atoms with Gasteiger partial charge in [0.25, 0.3) is 5.91 Å². The molecule has 1 aliphatic rings. The number of rotatable bonds is 3. The van der Waals surface area contributed by atoms with Gasteiger partial charge in [-0.15, -0.1) is 0 Å². The number of aromatic nitrogens is 2. The van der Waals surface area contributed by atoms with Crippen molar-refractivity contribution in [3.63, 3.8) is 0 Å². The van der Waals surface area contributed by atoms with Gasteiger partial charge in [-0.05, 0) is 26.7 Å². The Kier molecular flexibility index (Phi) is 4.04. The Morgan fingerprint density at radius 3 is 2.64 bits per heavy atom. The summed E-state index contributed by atoms with van der Waals surface area (Å²) in [6.07, 6.45) is 6.65. The topological polar surface area (TPSA) is 54.7 Å². The average Bonchev–Trinajstić information content (AvgIpc) is 3.02. The zero-order valence-corrected chi connectivity index (χ0v) is 14.1. The van der Waals surface area contributed by atoms with E-state index in [2.05, 4.69) is 4.98 Å². The van der Waals surface area contributed by atoms with E-state index in [0.717, 1.165) is 29.8 Å². The van der Waals surface area contributed by atoms with E-state index in [1.807, 2.05) is 25.8 Å². The van der Waals surface area contributed by atoms with Gasteiger partial charge in [0.2, 0.25) is 0 Å². The molecule has 0 atom stereocenters. The van der Waals surface area contributed by atoms with Gasteiger partial charge in [0.15, 0.2) is 11.2 Å². The van der Waals surface area contributed by atoms with Crippen LogP contribution in [0.1, 0.15) is 63.7 Å². The molecule has 5 nitrogen and oxygen atoms in total. The Labute approximate surface area is 134 Å². The van der Waals surface area contributed by atoms with Crippen LogP contribution in [0.25, 0.3) is 4.96 Å². The molecule has 0 aromatic carbocycles. The number of thiazole rings is 1. The molecule has 0 spiro atoms. The molecule has 0 N–H and O–H groups in total. The van der Waals surface area contributed by atoms with E-state index in [1.165, 1.54) is 30.6 Å². The van der Waals surface area contributed by atoms with E-state index in [0.29, 0.717) is 22.3 Å². The van der Waals surface area contributed by atoms with Crippen molar-refractivity contribution in [3.8, 4) is 0 Å². The van der Waals surface area contributed by atoms with Gasteiger partial charge in [-0.1, -0.05) is 30.6 Å². The number of aryl methyl sites for hydroxylation is 2. The maximum atomic E-state index is 12.8. The molecule has 118 valence electrons. The highest BCUT2D eigenvalue weighted by Gasteiger charge is 2.27. The second-order valence-electron chi connectivity index (χ2n) is 6.04. The summed E-state index contributed by atoms with van der Waals surface area (Å²) in [5.41, 5.74) is 2.07. The third-order valence-electron chi connectivity index (χ3n) is 4.67. The molecule has 3 rings (SSSR count). The molecule has 2 aromatic heterocycles. The molecule has 0 bridgehead atoms. The molecule has 0 saturated heterocycles. The van der Waals surface area contributed by atoms with Gasteiger partial charge in [-0.25, -0.2) is 4.98 Å². The smallest absolute Gasteiger partial charge is 0.265 e. The van der Waals surface area contributed by atoms with Crippen molar-refractivity contribution in [2.45, 2.75) is 52.0 Å². The van der Waals surface area contributed by atoms with Crippen molar-refractivity contribution in [1.29, 1.82) is 0 Å². The number of nitrogens with zero attached hydrogens (tertiary/aromatic N) is 3. The second-order valence-corrected chi connectivity index (χ2v) is 7.02. The predicted octanol–water partition coefficient (Wildman–Crippen LogP) is 3.23. The minimum Gasteiger partial charge on any atom is -0.338 e. The Hall–Kier alpha value is -1.69. The van der Waals surface area contributed by atoms with Gasteiger partial charge in [-0.3, -0.25) is 14.0 Å². The quantitative estimate of drug-likeness (QED) is 0.816. The van der Waals surface area contributed by atoms with Crippen LogP contribution < -0.4 is 0 Å². The average molecular weight is 319 g/mol. The molecule has 6 heteroatoms. The van der Waals surface area contributed by atoms with Gasteiger partial charge in [0, 0.05) is 18.8 Å². The van der Waals surface area contributed by atoms with E-state index >= 15 is 0 Å². The van der Waals surface area contributed by atoms with Crippen LogP contribution in [0.2, 0.25) is 0 Å². The molecule has 2 heterocycles. The third-order valence-corrected chi connectivity index (χ3v) is 5.80. The van der Waals surface area contributed by atoms with E-state index < -0.39 is 0 Å². The largest absolute Gasteiger partial charge is 0.338 e. The lowest BCUT2D eigenvalue weighted by molar-refractivity contribution is 0.0700. The summed E-state index contributed by atoms with van der Waals surface area (Å²) >= 11 is 1.38. The van der Waals surface area contributed by atoms with Crippen molar-refractivity contribution in [2.75, 3.05) is 7.05 Å². The number of amides is 1. The van der Waals surface area contributed by atoms with Crippen molar-refractivity contribution < 1.29 is 9.59 Å². The van der Waals surface area contributed by atoms with Crippen LogP contribution in [0.15, 0.2) is 0 Å². The summed E-state index contributed by atoms with van der Waals surface area (Å²) in [6, 6.07) is 0.336. The van der Waals surface area contributed by atoms with Crippen molar-refractivity contribution >= 4 is 28.5 Å². The molecule has 22 heavy (non-hydrogen) atoms. The minimum absolute atomic E-state index is 0.0504. The Morgan fingerprint density at radius 1 is 1.32 bits per heavy atom. The highest BCUT2D eigenvalue weighted by molar-refractivity contribution is 7.19. The molecule has 1 saturated carbocycles. The highest BCUT2D eigenvalue weighted by Crippen LogP contribution is 2.29. The fourth-order valence-corrected chi connectivity index (χ4v) is 4.47. The molecular weight excluding hydrogens is 298 g/mol. The molecule has 1 amide bonds. The number of carbonyl (C=O) groups excluding carboxylic acids is 2. The molecule has 1 fully saturated rings. The highest BCUT2D eigenvalue weighted by atomic mass is 32.1. The van der Waals surface area contributed by atoms with Crippen molar-refractivity contribution in [2.24, 2.45) is 0 Å². The lowest BCUT2D eigenvalue weighted by Crippen LogP contribution is -2.38. The number of hydrogen-bond donors (Lipinski definition) is 0. The monoisotopic (exact) mass is 319 g/mol. The maximum absolute atomic E-state index is 12.8. The fourth-order valence-electron chi connectivity index (χ4n) is 3.31. The van der Waals surface area contributed by atoms with Gasteiger partial charge in [-0.2, -0.15) is 0 Å². The summed E-state index contributed by atoms with van der Waals surface area (Å²) in [5.74, 6) is 0.0504. The second kappa shape index (κ2) is 5.83. The number of imidazole rings is 1. The third kappa shape index (κ3) is 2.35. The van der Waals surface area contributed by atoms with Crippen LogP contribution in [0.4, 0.5) is 0 Å². The van der Waals surface area contributed by atoms with Gasteiger partial charge in [0.05, 0.1) is 5.69 Å². The summed E-state index contributed by atoms with van der Waals surface area (Å²) in [6.45, 7) is 3.71. The van der Waals surface area contributed by atoms with Crippen LogP contribution in [0.5, 0.6) is 0 Å².